The highest BCUT2D eigenvalue weighted by atomic mass is 19.4. The van der Waals surface area contributed by atoms with Crippen molar-refractivity contribution in [1.82, 2.24) is 14.5 Å². The second kappa shape index (κ2) is 8.88. The molecule has 1 aromatic carbocycles. The first-order valence-corrected chi connectivity index (χ1v) is 10.1. The maximum absolute atomic E-state index is 12.9. The highest BCUT2D eigenvalue weighted by Crippen LogP contribution is 2.37. The number of benzene rings is 1. The van der Waals surface area contributed by atoms with E-state index < -0.39 is 22.4 Å². The number of alkyl halides is 3. The Morgan fingerprint density at radius 2 is 1.94 bits per heavy atom. The Bertz CT molecular complexity index is 1140. The number of halogens is 3. The van der Waals surface area contributed by atoms with E-state index >= 15 is 0 Å². The van der Waals surface area contributed by atoms with Crippen LogP contribution >= 0.6 is 0 Å². The average molecular weight is 460 g/mol. The summed E-state index contributed by atoms with van der Waals surface area (Å²) in [6.07, 6.45) is 2.66. The van der Waals surface area contributed by atoms with Gasteiger partial charge < -0.3 is 10.2 Å². The first-order valence-electron chi connectivity index (χ1n) is 10.1. The minimum Gasteiger partial charge on any atom is -0.366 e. The van der Waals surface area contributed by atoms with E-state index in [-0.39, 0.29) is 17.5 Å². The maximum Gasteiger partial charge on any atom is 0.416 e. The molecule has 0 atom stereocenters. The zero-order chi connectivity index (χ0) is 23.6. The second-order valence-electron chi connectivity index (χ2n) is 7.58. The molecule has 0 saturated carbocycles. The van der Waals surface area contributed by atoms with Crippen LogP contribution in [0.2, 0.25) is 0 Å². The molecule has 3 heterocycles. The van der Waals surface area contributed by atoms with Crippen LogP contribution in [0.15, 0.2) is 55.2 Å². The molecule has 3 aromatic rings. The van der Waals surface area contributed by atoms with Crippen molar-refractivity contribution in [3.05, 3.63) is 70.9 Å². The van der Waals surface area contributed by atoms with Gasteiger partial charge in [0.25, 0.3) is 5.69 Å². The predicted octanol–water partition coefficient (Wildman–Crippen LogP) is 4.05. The SMILES string of the molecule is O=C(Nc1ccc(-n2ccnc2)nc1)C1CCN(c2ccc(C(F)(F)F)cc2[N+](=O)[O-])CC1. The minimum atomic E-state index is -4.67. The first kappa shape index (κ1) is 22.2. The number of nitro benzene ring substituents is 1. The molecule has 0 unspecified atom stereocenters. The number of hydrogen-bond acceptors (Lipinski definition) is 6. The average Bonchev–Trinajstić information content (AvgIpc) is 3.33. The van der Waals surface area contributed by atoms with Crippen LogP contribution in [0.4, 0.5) is 30.2 Å². The van der Waals surface area contributed by atoms with E-state index in [1.807, 2.05) is 0 Å². The molecule has 0 spiro atoms. The van der Waals surface area contributed by atoms with Gasteiger partial charge in [-0.1, -0.05) is 0 Å². The molecule has 4 rings (SSSR count). The number of pyridine rings is 1. The second-order valence-corrected chi connectivity index (χ2v) is 7.58. The Morgan fingerprint density at radius 3 is 2.52 bits per heavy atom. The topological polar surface area (TPSA) is 106 Å². The van der Waals surface area contributed by atoms with Gasteiger partial charge in [0.1, 0.15) is 17.8 Å². The van der Waals surface area contributed by atoms with Gasteiger partial charge in [0.2, 0.25) is 5.91 Å². The van der Waals surface area contributed by atoms with Gasteiger partial charge >= 0.3 is 6.18 Å². The summed E-state index contributed by atoms with van der Waals surface area (Å²) in [6, 6.07) is 5.97. The Balaban J connectivity index is 1.38. The van der Waals surface area contributed by atoms with Crippen LogP contribution < -0.4 is 10.2 Å². The molecular formula is C21H19F3N6O3. The molecule has 0 aliphatic carbocycles. The first-order chi connectivity index (χ1) is 15.7. The summed E-state index contributed by atoms with van der Waals surface area (Å²) in [5.74, 6) is 0.119. The van der Waals surface area contributed by atoms with Crippen LogP contribution in [0.3, 0.4) is 0 Å². The van der Waals surface area contributed by atoms with Gasteiger partial charge in [0.05, 0.1) is 22.4 Å². The zero-order valence-corrected chi connectivity index (χ0v) is 17.2. The van der Waals surface area contributed by atoms with E-state index in [2.05, 4.69) is 15.3 Å². The minimum absolute atomic E-state index is 0.117. The molecule has 9 nitrogen and oxygen atoms in total. The maximum atomic E-state index is 12.9. The van der Waals surface area contributed by atoms with Crippen molar-refractivity contribution >= 4 is 23.0 Å². The molecule has 1 N–H and O–H groups in total. The fraction of sp³-hybridized carbons (Fsp3) is 0.286. The fourth-order valence-electron chi connectivity index (χ4n) is 3.75. The van der Waals surface area contributed by atoms with Crippen LogP contribution in [0.1, 0.15) is 18.4 Å². The molecule has 33 heavy (non-hydrogen) atoms. The van der Waals surface area contributed by atoms with Gasteiger partial charge in [-0.2, -0.15) is 13.2 Å². The van der Waals surface area contributed by atoms with E-state index in [4.69, 9.17) is 0 Å². The third-order valence-electron chi connectivity index (χ3n) is 5.49. The third-order valence-corrected chi connectivity index (χ3v) is 5.49. The van der Waals surface area contributed by atoms with Gasteiger partial charge in [-0.05, 0) is 37.1 Å². The van der Waals surface area contributed by atoms with Gasteiger partial charge in [-0.3, -0.25) is 19.5 Å². The molecule has 1 aliphatic rings. The summed E-state index contributed by atoms with van der Waals surface area (Å²) in [5.41, 5.74) is -1.02. The summed E-state index contributed by atoms with van der Waals surface area (Å²) in [6.45, 7) is 0.615. The Kier molecular flexibility index (Phi) is 5.99. The van der Waals surface area contributed by atoms with Gasteiger partial charge in [0.15, 0.2) is 0 Å². The number of piperidine rings is 1. The van der Waals surface area contributed by atoms with Crippen LogP contribution in [-0.2, 0) is 11.0 Å². The predicted molar refractivity (Wildman–Crippen MR) is 113 cm³/mol. The lowest BCUT2D eigenvalue weighted by Crippen LogP contribution is -2.38. The Morgan fingerprint density at radius 1 is 1.18 bits per heavy atom. The highest BCUT2D eigenvalue weighted by molar-refractivity contribution is 5.92. The summed E-state index contributed by atoms with van der Waals surface area (Å²) >= 11 is 0. The molecule has 0 bridgehead atoms. The molecule has 1 saturated heterocycles. The number of carbonyl (C=O) groups is 1. The summed E-state index contributed by atoms with van der Waals surface area (Å²) in [7, 11) is 0. The number of hydrogen-bond donors (Lipinski definition) is 1. The number of carbonyl (C=O) groups excluding carboxylic acids is 1. The molecule has 172 valence electrons. The number of nitrogens with zero attached hydrogens (tertiary/aromatic N) is 5. The molecule has 1 amide bonds. The van der Waals surface area contributed by atoms with E-state index in [1.165, 1.54) is 6.20 Å². The van der Waals surface area contributed by atoms with Crippen molar-refractivity contribution in [1.29, 1.82) is 0 Å². The number of nitro groups is 1. The lowest BCUT2D eigenvalue weighted by Gasteiger charge is -2.32. The largest absolute Gasteiger partial charge is 0.416 e. The fourth-order valence-corrected chi connectivity index (χ4v) is 3.75. The Labute approximate surface area is 186 Å². The number of imidazole rings is 1. The monoisotopic (exact) mass is 460 g/mol. The van der Waals surface area contributed by atoms with Crippen LogP contribution in [0, 0.1) is 16.0 Å². The van der Waals surface area contributed by atoms with E-state index in [0.29, 0.717) is 43.5 Å². The summed E-state index contributed by atoms with van der Waals surface area (Å²) < 4.78 is 40.5. The molecule has 0 radical (unpaired) electrons. The van der Waals surface area contributed by atoms with Gasteiger partial charge in [-0.15, -0.1) is 0 Å². The molecule has 1 fully saturated rings. The van der Waals surface area contributed by atoms with Crippen LogP contribution in [-0.4, -0.2) is 38.5 Å². The molecule has 2 aromatic heterocycles. The van der Waals surface area contributed by atoms with Crippen LogP contribution in [0.25, 0.3) is 5.82 Å². The lowest BCUT2D eigenvalue weighted by molar-refractivity contribution is -0.384. The van der Waals surface area contributed by atoms with Crippen LogP contribution in [0.5, 0.6) is 0 Å². The highest BCUT2D eigenvalue weighted by Gasteiger charge is 2.35. The van der Waals surface area contributed by atoms with Gasteiger partial charge in [0, 0.05) is 37.5 Å². The quantitative estimate of drug-likeness (QED) is 0.455. The number of amides is 1. The van der Waals surface area contributed by atoms with Crippen molar-refractivity contribution in [2.45, 2.75) is 19.0 Å². The summed E-state index contributed by atoms with van der Waals surface area (Å²) in [5, 5.41) is 14.2. The van der Waals surface area contributed by atoms with Crippen molar-refractivity contribution in [2.75, 3.05) is 23.3 Å². The van der Waals surface area contributed by atoms with E-state index in [0.717, 1.165) is 12.1 Å². The normalized spacial score (nSPS) is 14.8. The van der Waals surface area contributed by atoms with Crippen molar-refractivity contribution < 1.29 is 22.9 Å². The number of aromatic nitrogens is 3. The third kappa shape index (κ3) is 4.94. The number of anilines is 2. The van der Waals surface area contributed by atoms with E-state index in [1.54, 1.807) is 40.3 Å². The smallest absolute Gasteiger partial charge is 0.366 e. The molecular weight excluding hydrogens is 441 g/mol. The van der Waals surface area contributed by atoms with Crippen molar-refractivity contribution in [3.8, 4) is 5.82 Å². The number of nitrogens with one attached hydrogen (secondary N) is 1. The molecule has 1 aliphatic heterocycles. The lowest BCUT2D eigenvalue weighted by atomic mass is 9.95. The zero-order valence-electron chi connectivity index (χ0n) is 17.2. The number of rotatable bonds is 5. The summed E-state index contributed by atoms with van der Waals surface area (Å²) in [4.78, 5) is 33.1. The van der Waals surface area contributed by atoms with Gasteiger partial charge in [-0.25, -0.2) is 9.97 Å². The standard InChI is InChI=1S/C21H19F3N6O3/c22-21(23,24)15-1-3-17(18(11-15)30(32)33)28-8-5-14(6-9-28)20(31)27-16-2-4-19(26-12-16)29-10-7-25-13-29/h1-4,7,10-14H,5-6,8-9H2,(H,27,31). The Hall–Kier alpha value is -3.96. The molecule has 12 heteroatoms. The van der Waals surface area contributed by atoms with Crippen molar-refractivity contribution in [2.24, 2.45) is 5.92 Å². The van der Waals surface area contributed by atoms with Crippen molar-refractivity contribution in [3.63, 3.8) is 0 Å². The van der Waals surface area contributed by atoms with E-state index in [9.17, 15) is 28.1 Å².